The lowest BCUT2D eigenvalue weighted by Gasteiger charge is -2.06. The molecule has 0 radical (unpaired) electrons. The Morgan fingerprint density at radius 2 is 1.59 bits per heavy atom. The third-order valence-electron chi connectivity index (χ3n) is 2.60. The molecule has 0 saturated heterocycles. The highest BCUT2D eigenvalue weighted by molar-refractivity contribution is 5.89. The molecule has 0 aromatic heterocycles. The SMILES string of the molecule is O=C(Nc1ccccc1[N+](=O)[O-])Oc1ccc([N+](=O)[O-])cc1. The first kappa shape index (κ1) is 14.9. The van der Waals surface area contributed by atoms with Gasteiger partial charge in [-0.15, -0.1) is 0 Å². The monoisotopic (exact) mass is 303 g/mol. The van der Waals surface area contributed by atoms with Gasteiger partial charge in [-0.1, -0.05) is 12.1 Å². The molecule has 2 rings (SSSR count). The number of rotatable bonds is 4. The Labute approximate surface area is 123 Å². The van der Waals surface area contributed by atoms with Crippen molar-refractivity contribution < 1.29 is 19.4 Å². The summed E-state index contributed by atoms with van der Waals surface area (Å²) in [6.45, 7) is 0. The fourth-order valence-electron chi connectivity index (χ4n) is 1.62. The van der Waals surface area contributed by atoms with Crippen molar-refractivity contribution in [3.05, 3.63) is 68.8 Å². The summed E-state index contributed by atoms with van der Waals surface area (Å²) >= 11 is 0. The number of anilines is 1. The summed E-state index contributed by atoms with van der Waals surface area (Å²) in [6, 6.07) is 10.4. The zero-order valence-corrected chi connectivity index (χ0v) is 11.0. The van der Waals surface area contributed by atoms with Crippen LogP contribution in [0.5, 0.6) is 5.75 Å². The quantitative estimate of drug-likeness (QED) is 0.683. The lowest BCUT2D eigenvalue weighted by molar-refractivity contribution is -0.384. The molecule has 2 aromatic rings. The van der Waals surface area contributed by atoms with Gasteiger partial charge in [0.25, 0.3) is 11.4 Å². The van der Waals surface area contributed by atoms with Gasteiger partial charge < -0.3 is 4.74 Å². The predicted octanol–water partition coefficient (Wildman–Crippen LogP) is 3.11. The number of carbonyl (C=O) groups is 1. The Hall–Kier alpha value is -3.49. The highest BCUT2D eigenvalue weighted by Gasteiger charge is 2.16. The van der Waals surface area contributed by atoms with E-state index in [9.17, 15) is 25.0 Å². The van der Waals surface area contributed by atoms with Crippen molar-refractivity contribution in [3.63, 3.8) is 0 Å². The van der Waals surface area contributed by atoms with E-state index in [1.54, 1.807) is 0 Å². The van der Waals surface area contributed by atoms with Crippen molar-refractivity contribution in [2.45, 2.75) is 0 Å². The number of hydrogen-bond donors (Lipinski definition) is 1. The number of non-ortho nitro benzene ring substituents is 1. The van der Waals surface area contributed by atoms with Crippen LogP contribution in [0.2, 0.25) is 0 Å². The van der Waals surface area contributed by atoms with Gasteiger partial charge in [-0.3, -0.25) is 25.5 Å². The summed E-state index contributed by atoms with van der Waals surface area (Å²) in [5.74, 6) is 0.0710. The van der Waals surface area contributed by atoms with Crippen molar-refractivity contribution in [2.75, 3.05) is 5.32 Å². The third kappa shape index (κ3) is 3.54. The largest absolute Gasteiger partial charge is 0.417 e. The van der Waals surface area contributed by atoms with E-state index < -0.39 is 15.9 Å². The summed E-state index contributed by atoms with van der Waals surface area (Å²) in [5, 5.41) is 23.6. The van der Waals surface area contributed by atoms with Crippen LogP contribution in [0.25, 0.3) is 0 Å². The minimum Gasteiger partial charge on any atom is -0.410 e. The molecule has 0 bridgehead atoms. The summed E-state index contributed by atoms with van der Waals surface area (Å²) in [5.41, 5.74) is -0.436. The molecule has 22 heavy (non-hydrogen) atoms. The molecular formula is C13H9N3O6. The number of nitro groups is 2. The van der Waals surface area contributed by atoms with Gasteiger partial charge in [-0.25, -0.2) is 4.79 Å². The van der Waals surface area contributed by atoms with Gasteiger partial charge in [-0.05, 0) is 18.2 Å². The number of benzene rings is 2. The fraction of sp³-hybridized carbons (Fsp3) is 0. The molecule has 0 heterocycles. The van der Waals surface area contributed by atoms with Crippen molar-refractivity contribution in [1.82, 2.24) is 0 Å². The molecule has 0 aliphatic rings. The Balaban J connectivity index is 2.07. The average molecular weight is 303 g/mol. The number of nitro benzene ring substituents is 2. The van der Waals surface area contributed by atoms with Gasteiger partial charge in [-0.2, -0.15) is 0 Å². The maximum absolute atomic E-state index is 11.7. The Morgan fingerprint density at radius 3 is 2.18 bits per heavy atom. The molecule has 0 aliphatic heterocycles. The molecule has 1 amide bonds. The number of nitrogens with zero attached hydrogens (tertiary/aromatic N) is 2. The summed E-state index contributed by atoms with van der Waals surface area (Å²) in [7, 11) is 0. The van der Waals surface area contributed by atoms with Crippen LogP contribution < -0.4 is 10.1 Å². The molecule has 0 atom stereocenters. The van der Waals surface area contributed by atoms with E-state index in [-0.39, 0.29) is 22.8 Å². The molecule has 0 aliphatic carbocycles. The molecule has 0 spiro atoms. The number of ether oxygens (including phenoxy) is 1. The second-order valence-electron chi connectivity index (χ2n) is 4.04. The van der Waals surface area contributed by atoms with Crippen LogP contribution in [-0.2, 0) is 0 Å². The zero-order chi connectivity index (χ0) is 16.1. The number of carbonyl (C=O) groups excluding carboxylic acids is 1. The number of hydrogen-bond acceptors (Lipinski definition) is 6. The normalized spacial score (nSPS) is 9.82. The second kappa shape index (κ2) is 6.31. The summed E-state index contributed by atoms with van der Waals surface area (Å²) in [4.78, 5) is 31.8. The number of nitrogens with one attached hydrogen (secondary N) is 1. The van der Waals surface area contributed by atoms with Gasteiger partial charge in [0.2, 0.25) is 0 Å². The fourth-order valence-corrected chi connectivity index (χ4v) is 1.62. The first-order valence-electron chi connectivity index (χ1n) is 5.94. The van der Waals surface area contributed by atoms with Gasteiger partial charge in [0.1, 0.15) is 11.4 Å². The van der Waals surface area contributed by atoms with Crippen LogP contribution in [-0.4, -0.2) is 15.9 Å². The van der Waals surface area contributed by atoms with E-state index in [0.717, 1.165) is 0 Å². The van der Waals surface area contributed by atoms with Crippen LogP contribution in [0, 0.1) is 20.2 Å². The number of para-hydroxylation sites is 2. The molecule has 1 N–H and O–H groups in total. The Kier molecular flexibility index (Phi) is 4.27. The molecule has 0 fully saturated rings. The molecule has 9 nitrogen and oxygen atoms in total. The second-order valence-corrected chi connectivity index (χ2v) is 4.04. The highest BCUT2D eigenvalue weighted by Crippen LogP contribution is 2.24. The van der Waals surface area contributed by atoms with Gasteiger partial charge in [0.05, 0.1) is 9.85 Å². The minimum absolute atomic E-state index is 0.0144. The van der Waals surface area contributed by atoms with Crippen LogP contribution in [0.1, 0.15) is 0 Å². The van der Waals surface area contributed by atoms with Gasteiger partial charge in [0, 0.05) is 18.2 Å². The first-order valence-corrected chi connectivity index (χ1v) is 5.94. The maximum atomic E-state index is 11.7. The van der Waals surface area contributed by atoms with E-state index in [0.29, 0.717) is 0 Å². The molecule has 0 unspecified atom stereocenters. The Bertz CT molecular complexity index is 729. The van der Waals surface area contributed by atoms with Crippen molar-refractivity contribution in [1.29, 1.82) is 0 Å². The van der Waals surface area contributed by atoms with E-state index >= 15 is 0 Å². The van der Waals surface area contributed by atoms with Gasteiger partial charge >= 0.3 is 6.09 Å². The lowest BCUT2D eigenvalue weighted by Crippen LogP contribution is -2.17. The first-order chi connectivity index (χ1) is 10.5. The smallest absolute Gasteiger partial charge is 0.410 e. The van der Waals surface area contributed by atoms with Crippen LogP contribution in [0.15, 0.2) is 48.5 Å². The highest BCUT2D eigenvalue weighted by atomic mass is 16.6. The maximum Gasteiger partial charge on any atom is 0.417 e. The lowest BCUT2D eigenvalue weighted by atomic mass is 10.3. The van der Waals surface area contributed by atoms with Crippen molar-refractivity contribution >= 4 is 23.2 Å². The van der Waals surface area contributed by atoms with Crippen LogP contribution in [0.4, 0.5) is 21.9 Å². The van der Waals surface area contributed by atoms with Crippen LogP contribution >= 0.6 is 0 Å². The van der Waals surface area contributed by atoms with Gasteiger partial charge in [0.15, 0.2) is 0 Å². The van der Waals surface area contributed by atoms with E-state index in [1.165, 1.54) is 48.5 Å². The van der Waals surface area contributed by atoms with Crippen molar-refractivity contribution in [3.8, 4) is 5.75 Å². The van der Waals surface area contributed by atoms with Crippen LogP contribution in [0.3, 0.4) is 0 Å². The predicted molar refractivity (Wildman–Crippen MR) is 75.8 cm³/mol. The number of amides is 1. The average Bonchev–Trinajstić information content (AvgIpc) is 2.48. The summed E-state index contributed by atoms with van der Waals surface area (Å²) < 4.78 is 4.89. The molecule has 2 aromatic carbocycles. The minimum atomic E-state index is -0.942. The summed E-state index contributed by atoms with van der Waals surface area (Å²) in [6.07, 6.45) is -0.942. The van der Waals surface area contributed by atoms with E-state index in [4.69, 9.17) is 4.74 Å². The van der Waals surface area contributed by atoms with Crippen molar-refractivity contribution in [2.24, 2.45) is 0 Å². The molecule has 0 saturated carbocycles. The molecule has 9 heteroatoms. The third-order valence-corrected chi connectivity index (χ3v) is 2.60. The van der Waals surface area contributed by atoms with E-state index in [1.807, 2.05) is 0 Å². The molecular weight excluding hydrogens is 294 g/mol. The topological polar surface area (TPSA) is 125 Å². The zero-order valence-electron chi connectivity index (χ0n) is 11.0. The molecule has 112 valence electrons. The Morgan fingerprint density at radius 1 is 0.955 bits per heavy atom. The van der Waals surface area contributed by atoms with E-state index in [2.05, 4.69) is 5.32 Å². The standard InChI is InChI=1S/C13H9N3O6/c17-13(14-11-3-1-2-4-12(11)16(20)21)22-10-7-5-9(6-8-10)15(18)19/h1-8H,(H,14,17).